The summed E-state index contributed by atoms with van der Waals surface area (Å²) < 4.78 is 15.2. The Kier molecular flexibility index (Phi) is 8.06. The SMILES string of the molecule is O=C(O)CNc1cccc(Cn2cc(CN3CCN(Cc4ccccc4-c4ccc(F)cc4)CC3)nn2)c1. The summed E-state index contributed by atoms with van der Waals surface area (Å²) in [7, 11) is 0. The van der Waals surface area contributed by atoms with E-state index >= 15 is 0 Å². The van der Waals surface area contributed by atoms with Crippen molar-refractivity contribution in [2.24, 2.45) is 0 Å². The minimum atomic E-state index is -0.896. The summed E-state index contributed by atoms with van der Waals surface area (Å²) in [5.74, 6) is -1.12. The van der Waals surface area contributed by atoms with Gasteiger partial charge in [0.1, 0.15) is 12.4 Å². The normalized spacial score (nSPS) is 14.4. The molecule has 2 heterocycles. The average Bonchev–Trinajstić information content (AvgIpc) is 3.36. The molecule has 0 saturated carbocycles. The van der Waals surface area contributed by atoms with E-state index < -0.39 is 5.97 Å². The molecule has 0 aliphatic carbocycles. The second-order valence-corrected chi connectivity index (χ2v) is 9.57. The van der Waals surface area contributed by atoms with Crippen molar-refractivity contribution in [3.63, 3.8) is 0 Å². The highest BCUT2D eigenvalue weighted by Gasteiger charge is 2.19. The number of rotatable bonds is 10. The number of anilines is 1. The Morgan fingerprint density at radius 1 is 0.895 bits per heavy atom. The number of carboxylic acid groups (broad SMARTS) is 1. The fraction of sp³-hybridized carbons (Fsp3) is 0.276. The number of carbonyl (C=O) groups is 1. The van der Waals surface area contributed by atoms with Crippen LogP contribution >= 0.6 is 0 Å². The number of nitrogens with one attached hydrogen (secondary N) is 1. The zero-order valence-corrected chi connectivity index (χ0v) is 21.1. The minimum Gasteiger partial charge on any atom is -0.480 e. The van der Waals surface area contributed by atoms with Crippen molar-refractivity contribution in [2.75, 3.05) is 38.0 Å². The molecule has 0 amide bonds. The van der Waals surface area contributed by atoms with Crippen LogP contribution in [-0.4, -0.2) is 68.6 Å². The molecule has 1 saturated heterocycles. The smallest absolute Gasteiger partial charge is 0.322 e. The highest BCUT2D eigenvalue weighted by Crippen LogP contribution is 2.25. The van der Waals surface area contributed by atoms with E-state index in [4.69, 9.17) is 5.11 Å². The maximum absolute atomic E-state index is 13.4. The number of nitrogens with zero attached hydrogens (tertiary/aromatic N) is 5. The van der Waals surface area contributed by atoms with Crippen molar-refractivity contribution in [2.45, 2.75) is 19.6 Å². The topological polar surface area (TPSA) is 86.5 Å². The quantitative estimate of drug-likeness (QED) is 0.331. The van der Waals surface area contributed by atoms with E-state index in [0.717, 1.165) is 67.3 Å². The van der Waals surface area contributed by atoms with Crippen LogP contribution in [0.3, 0.4) is 0 Å². The lowest BCUT2D eigenvalue weighted by Gasteiger charge is -2.34. The first kappa shape index (κ1) is 25.6. The summed E-state index contributed by atoms with van der Waals surface area (Å²) >= 11 is 0. The van der Waals surface area contributed by atoms with Gasteiger partial charge in [-0.05, 0) is 46.5 Å². The Bertz CT molecular complexity index is 1370. The molecule has 0 bridgehead atoms. The molecule has 8 nitrogen and oxygen atoms in total. The summed E-state index contributed by atoms with van der Waals surface area (Å²) in [6.45, 7) is 5.87. The molecule has 2 N–H and O–H groups in total. The summed E-state index contributed by atoms with van der Waals surface area (Å²) in [5.41, 5.74) is 6.15. The zero-order chi connectivity index (χ0) is 26.3. The molecule has 196 valence electrons. The zero-order valence-electron chi connectivity index (χ0n) is 21.1. The molecule has 4 aromatic rings. The molecular formula is C29H31FN6O2. The summed E-state index contributed by atoms with van der Waals surface area (Å²) in [6, 6.07) is 22.7. The first-order valence-corrected chi connectivity index (χ1v) is 12.7. The summed E-state index contributed by atoms with van der Waals surface area (Å²) in [4.78, 5) is 15.6. The van der Waals surface area contributed by atoms with Gasteiger partial charge < -0.3 is 10.4 Å². The lowest BCUT2D eigenvalue weighted by atomic mass is 9.99. The Morgan fingerprint density at radius 2 is 1.63 bits per heavy atom. The van der Waals surface area contributed by atoms with E-state index in [1.54, 1.807) is 0 Å². The second-order valence-electron chi connectivity index (χ2n) is 9.57. The molecule has 3 aromatic carbocycles. The highest BCUT2D eigenvalue weighted by atomic mass is 19.1. The van der Waals surface area contributed by atoms with Gasteiger partial charge in [0.15, 0.2) is 0 Å². The van der Waals surface area contributed by atoms with Gasteiger partial charge >= 0.3 is 5.97 Å². The molecule has 0 unspecified atom stereocenters. The van der Waals surface area contributed by atoms with Crippen LogP contribution in [0.25, 0.3) is 11.1 Å². The maximum Gasteiger partial charge on any atom is 0.322 e. The van der Waals surface area contributed by atoms with Crippen LogP contribution in [0.5, 0.6) is 0 Å². The predicted octanol–water partition coefficient (Wildman–Crippen LogP) is 3.95. The van der Waals surface area contributed by atoms with E-state index in [0.29, 0.717) is 6.54 Å². The van der Waals surface area contributed by atoms with E-state index in [1.807, 2.05) is 53.3 Å². The van der Waals surface area contributed by atoms with Gasteiger partial charge in [-0.3, -0.25) is 14.6 Å². The summed E-state index contributed by atoms with van der Waals surface area (Å²) in [6.07, 6.45) is 1.97. The van der Waals surface area contributed by atoms with E-state index in [9.17, 15) is 9.18 Å². The first-order chi connectivity index (χ1) is 18.5. The molecular weight excluding hydrogens is 483 g/mol. The van der Waals surface area contributed by atoms with Crippen molar-refractivity contribution in [3.8, 4) is 11.1 Å². The third kappa shape index (κ3) is 6.81. The van der Waals surface area contributed by atoms with Gasteiger partial charge in [-0.25, -0.2) is 9.07 Å². The van der Waals surface area contributed by atoms with Gasteiger partial charge in [0.05, 0.1) is 18.4 Å². The first-order valence-electron chi connectivity index (χ1n) is 12.7. The van der Waals surface area contributed by atoms with Crippen LogP contribution in [0.15, 0.2) is 79.0 Å². The monoisotopic (exact) mass is 514 g/mol. The van der Waals surface area contributed by atoms with Gasteiger partial charge in [-0.2, -0.15) is 0 Å². The van der Waals surface area contributed by atoms with Crippen molar-refractivity contribution < 1.29 is 14.3 Å². The second kappa shape index (κ2) is 12.0. The number of benzene rings is 3. The number of carboxylic acids is 1. The van der Waals surface area contributed by atoms with E-state index in [1.165, 1.54) is 17.7 Å². The number of halogens is 1. The average molecular weight is 515 g/mol. The van der Waals surface area contributed by atoms with Crippen LogP contribution in [0.1, 0.15) is 16.8 Å². The van der Waals surface area contributed by atoms with Crippen LogP contribution in [0.2, 0.25) is 0 Å². The van der Waals surface area contributed by atoms with Crippen LogP contribution in [0.4, 0.5) is 10.1 Å². The fourth-order valence-electron chi connectivity index (χ4n) is 4.78. The number of hydrogen-bond acceptors (Lipinski definition) is 6. The van der Waals surface area contributed by atoms with Crippen LogP contribution in [0, 0.1) is 5.82 Å². The molecule has 9 heteroatoms. The number of piperazine rings is 1. The third-order valence-electron chi connectivity index (χ3n) is 6.72. The molecule has 1 aliphatic rings. The number of aromatic nitrogens is 3. The van der Waals surface area contributed by atoms with Gasteiger partial charge in [0.2, 0.25) is 0 Å². The Hall–Kier alpha value is -4.08. The van der Waals surface area contributed by atoms with Gasteiger partial charge in [0, 0.05) is 45.0 Å². The van der Waals surface area contributed by atoms with Gasteiger partial charge in [-0.15, -0.1) is 5.10 Å². The van der Waals surface area contributed by atoms with Crippen molar-refractivity contribution in [3.05, 3.63) is 102 Å². The van der Waals surface area contributed by atoms with Crippen molar-refractivity contribution in [1.82, 2.24) is 24.8 Å². The largest absolute Gasteiger partial charge is 0.480 e. The lowest BCUT2D eigenvalue weighted by molar-refractivity contribution is -0.134. The van der Waals surface area contributed by atoms with Crippen LogP contribution in [-0.2, 0) is 24.4 Å². The molecule has 0 radical (unpaired) electrons. The van der Waals surface area contributed by atoms with Crippen molar-refractivity contribution in [1.29, 1.82) is 0 Å². The molecule has 1 aliphatic heterocycles. The van der Waals surface area contributed by atoms with Gasteiger partial charge in [-0.1, -0.05) is 53.7 Å². The lowest BCUT2D eigenvalue weighted by Crippen LogP contribution is -2.45. The Labute approximate surface area is 221 Å². The molecule has 5 rings (SSSR count). The molecule has 1 aromatic heterocycles. The summed E-state index contributed by atoms with van der Waals surface area (Å²) in [5, 5.41) is 20.4. The van der Waals surface area contributed by atoms with Crippen LogP contribution < -0.4 is 5.32 Å². The van der Waals surface area contributed by atoms with E-state index in [-0.39, 0.29) is 12.4 Å². The predicted molar refractivity (Wildman–Crippen MR) is 144 cm³/mol. The Balaban J connectivity index is 1.12. The number of aliphatic carboxylic acids is 1. The van der Waals surface area contributed by atoms with Gasteiger partial charge in [0.25, 0.3) is 0 Å². The maximum atomic E-state index is 13.4. The highest BCUT2D eigenvalue weighted by molar-refractivity contribution is 5.72. The molecule has 1 fully saturated rings. The molecule has 38 heavy (non-hydrogen) atoms. The molecule has 0 spiro atoms. The fourth-order valence-corrected chi connectivity index (χ4v) is 4.78. The number of hydrogen-bond donors (Lipinski definition) is 2. The minimum absolute atomic E-state index is 0.120. The van der Waals surface area contributed by atoms with E-state index in [2.05, 4.69) is 43.6 Å². The standard InChI is InChI=1S/C29H31FN6O2/c30-25-10-8-23(9-11-25)28-7-2-1-5-24(28)19-34-12-14-35(15-13-34)20-27-21-36(33-32-27)18-22-4-3-6-26(16-22)31-17-29(37)38/h1-11,16,21,31H,12-15,17-20H2,(H,37,38). The molecule has 0 atom stereocenters. The van der Waals surface area contributed by atoms with Crippen molar-refractivity contribution >= 4 is 11.7 Å². The Morgan fingerprint density at radius 3 is 2.39 bits per heavy atom. The third-order valence-corrected chi connectivity index (χ3v) is 6.72.